The monoisotopic (exact) mass is 339 g/mol. The van der Waals surface area contributed by atoms with Gasteiger partial charge in [0.25, 0.3) is 5.91 Å². The van der Waals surface area contributed by atoms with Crippen molar-refractivity contribution < 1.29 is 18.7 Å². The first-order chi connectivity index (χ1) is 12.1. The number of hydrogen-bond acceptors (Lipinski definition) is 4. The van der Waals surface area contributed by atoms with E-state index in [0.717, 1.165) is 0 Å². The van der Waals surface area contributed by atoms with E-state index in [2.05, 4.69) is 10.4 Å². The summed E-state index contributed by atoms with van der Waals surface area (Å²) in [6, 6.07) is 11.4. The van der Waals surface area contributed by atoms with E-state index in [1.54, 1.807) is 43.3 Å². The summed E-state index contributed by atoms with van der Waals surface area (Å²) in [6.07, 6.45) is 1.42. The Bertz CT molecular complexity index is 968. The van der Waals surface area contributed by atoms with Gasteiger partial charge in [0.05, 0.1) is 17.5 Å². The van der Waals surface area contributed by atoms with E-state index in [-0.39, 0.29) is 12.7 Å². The molecule has 25 heavy (non-hydrogen) atoms. The van der Waals surface area contributed by atoms with Crippen molar-refractivity contribution in [2.75, 3.05) is 12.1 Å². The molecule has 2 heterocycles. The molecule has 0 unspecified atom stereocenters. The summed E-state index contributed by atoms with van der Waals surface area (Å²) in [5.74, 6) is 0.480. The van der Waals surface area contributed by atoms with E-state index < -0.39 is 5.82 Å². The second kappa shape index (κ2) is 5.94. The van der Waals surface area contributed by atoms with Crippen molar-refractivity contribution in [2.24, 2.45) is 0 Å². The Balaban J connectivity index is 1.60. The maximum absolute atomic E-state index is 14.0. The predicted molar refractivity (Wildman–Crippen MR) is 88.8 cm³/mol. The summed E-state index contributed by atoms with van der Waals surface area (Å²) < 4.78 is 25.9. The molecule has 1 amide bonds. The van der Waals surface area contributed by atoms with Gasteiger partial charge in [0.2, 0.25) is 6.79 Å². The van der Waals surface area contributed by atoms with E-state index in [1.807, 2.05) is 0 Å². The molecule has 0 fully saturated rings. The Labute approximate surface area is 142 Å². The number of aromatic nitrogens is 2. The molecule has 7 heteroatoms. The van der Waals surface area contributed by atoms with E-state index >= 15 is 0 Å². The maximum Gasteiger partial charge on any atom is 0.259 e. The van der Waals surface area contributed by atoms with Crippen LogP contribution in [0.15, 0.2) is 48.7 Å². The first kappa shape index (κ1) is 15.2. The molecule has 0 spiro atoms. The number of nitrogens with one attached hydrogen (secondary N) is 1. The van der Waals surface area contributed by atoms with Crippen LogP contribution in [0.5, 0.6) is 11.5 Å². The Morgan fingerprint density at radius 2 is 2.00 bits per heavy atom. The van der Waals surface area contributed by atoms with Gasteiger partial charge in [-0.1, -0.05) is 12.1 Å². The number of carbonyl (C=O) groups is 1. The third-order valence-corrected chi connectivity index (χ3v) is 3.97. The van der Waals surface area contributed by atoms with Crippen LogP contribution >= 0.6 is 0 Å². The van der Waals surface area contributed by atoms with Crippen LogP contribution in [0.1, 0.15) is 16.1 Å². The van der Waals surface area contributed by atoms with Crippen LogP contribution in [0.2, 0.25) is 0 Å². The van der Waals surface area contributed by atoms with Crippen molar-refractivity contribution in [2.45, 2.75) is 6.92 Å². The van der Waals surface area contributed by atoms with Gasteiger partial charge in [0.15, 0.2) is 11.5 Å². The first-order valence-electron chi connectivity index (χ1n) is 7.64. The van der Waals surface area contributed by atoms with Crippen LogP contribution in [0.3, 0.4) is 0 Å². The van der Waals surface area contributed by atoms with Crippen LogP contribution in [-0.4, -0.2) is 22.5 Å². The molecule has 4 rings (SSSR count). The molecule has 1 aliphatic rings. The lowest BCUT2D eigenvalue weighted by Crippen LogP contribution is -2.13. The summed E-state index contributed by atoms with van der Waals surface area (Å²) in [4.78, 5) is 12.5. The number of amides is 1. The highest BCUT2D eigenvalue weighted by Gasteiger charge is 2.18. The third-order valence-electron chi connectivity index (χ3n) is 3.97. The van der Waals surface area contributed by atoms with Gasteiger partial charge in [-0.3, -0.25) is 4.79 Å². The maximum atomic E-state index is 14.0. The van der Waals surface area contributed by atoms with Crippen LogP contribution in [0, 0.1) is 12.7 Å². The van der Waals surface area contributed by atoms with Crippen LogP contribution in [0.25, 0.3) is 5.69 Å². The Kier molecular flexibility index (Phi) is 3.61. The number of halogens is 1. The topological polar surface area (TPSA) is 65.4 Å². The second-order valence-electron chi connectivity index (χ2n) is 5.53. The van der Waals surface area contributed by atoms with Gasteiger partial charge in [0, 0.05) is 11.8 Å². The minimum atomic E-state index is -0.406. The van der Waals surface area contributed by atoms with Gasteiger partial charge in [-0.25, -0.2) is 9.07 Å². The predicted octanol–water partition coefficient (Wildman–Crippen LogP) is 3.30. The molecular weight excluding hydrogens is 325 g/mol. The van der Waals surface area contributed by atoms with Gasteiger partial charge < -0.3 is 14.8 Å². The molecular formula is C18H14FN3O3. The Morgan fingerprint density at radius 3 is 2.84 bits per heavy atom. The van der Waals surface area contributed by atoms with Crippen molar-refractivity contribution in [1.82, 2.24) is 9.78 Å². The van der Waals surface area contributed by atoms with E-state index in [9.17, 15) is 9.18 Å². The lowest BCUT2D eigenvalue weighted by molar-refractivity contribution is 0.102. The van der Waals surface area contributed by atoms with Crippen LogP contribution in [0.4, 0.5) is 10.1 Å². The third kappa shape index (κ3) is 2.69. The first-order valence-corrected chi connectivity index (χ1v) is 7.64. The standard InChI is InChI=1S/C18H14FN3O3/c1-11-13(9-20-22(11)15-5-3-2-4-14(15)19)18(23)21-12-6-7-16-17(8-12)25-10-24-16/h2-9H,10H2,1H3,(H,21,23). The van der Waals surface area contributed by atoms with Gasteiger partial charge in [0.1, 0.15) is 11.5 Å². The fraction of sp³-hybridized carbons (Fsp3) is 0.111. The van der Waals surface area contributed by atoms with E-state index in [1.165, 1.54) is 16.9 Å². The molecule has 0 aliphatic carbocycles. The fourth-order valence-electron chi connectivity index (χ4n) is 2.67. The quantitative estimate of drug-likeness (QED) is 0.795. The lowest BCUT2D eigenvalue weighted by atomic mass is 10.2. The zero-order valence-electron chi connectivity index (χ0n) is 13.3. The number of fused-ring (bicyclic) bond motifs is 1. The molecule has 0 radical (unpaired) electrons. The highest BCUT2D eigenvalue weighted by molar-refractivity contribution is 6.05. The average Bonchev–Trinajstić information content (AvgIpc) is 3.21. The van der Waals surface area contributed by atoms with Gasteiger partial charge in [-0.05, 0) is 31.2 Å². The van der Waals surface area contributed by atoms with Crippen LogP contribution in [-0.2, 0) is 0 Å². The molecule has 126 valence electrons. The van der Waals surface area contributed by atoms with E-state index in [0.29, 0.717) is 34.1 Å². The highest BCUT2D eigenvalue weighted by Crippen LogP contribution is 2.34. The number of benzene rings is 2. The summed E-state index contributed by atoms with van der Waals surface area (Å²) >= 11 is 0. The summed E-state index contributed by atoms with van der Waals surface area (Å²) in [6.45, 7) is 1.88. The number of ether oxygens (including phenoxy) is 2. The molecule has 0 saturated heterocycles. The lowest BCUT2D eigenvalue weighted by Gasteiger charge is -2.08. The van der Waals surface area contributed by atoms with Crippen molar-refractivity contribution in [3.63, 3.8) is 0 Å². The van der Waals surface area contributed by atoms with Gasteiger partial charge in [-0.2, -0.15) is 5.10 Å². The molecule has 1 aromatic heterocycles. The summed E-state index contributed by atoms with van der Waals surface area (Å²) in [5, 5.41) is 6.93. The minimum absolute atomic E-state index is 0.168. The molecule has 1 N–H and O–H groups in total. The van der Waals surface area contributed by atoms with Crippen LogP contribution < -0.4 is 14.8 Å². The molecule has 0 saturated carbocycles. The summed E-state index contributed by atoms with van der Waals surface area (Å²) in [5.41, 5.74) is 1.78. The number of anilines is 1. The van der Waals surface area contributed by atoms with Gasteiger partial charge >= 0.3 is 0 Å². The van der Waals surface area contributed by atoms with Crippen molar-refractivity contribution in [3.05, 3.63) is 65.7 Å². The highest BCUT2D eigenvalue weighted by atomic mass is 19.1. The molecule has 1 aliphatic heterocycles. The zero-order chi connectivity index (χ0) is 17.4. The normalized spacial score (nSPS) is 12.2. The van der Waals surface area contributed by atoms with E-state index in [4.69, 9.17) is 9.47 Å². The zero-order valence-corrected chi connectivity index (χ0v) is 13.3. The number of carbonyl (C=O) groups excluding carboxylic acids is 1. The van der Waals surface area contributed by atoms with Gasteiger partial charge in [-0.15, -0.1) is 0 Å². The Morgan fingerprint density at radius 1 is 1.20 bits per heavy atom. The number of hydrogen-bond donors (Lipinski definition) is 1. The number of rotatable bonds is 3. The largest absolute Gasteiger partial charge is 0.454 e. The molecule has 6 nitrogen and oxygen atoms in total. The van der Waals surface area contributed by atoms with Crippen molar-refractivity contribution in [1.29, 1.82) is 0 Å². The van der Waals surface area contributed by atoms with Crippen molar-refractivity contribution in [3.8, 4) is 17.2 Å². The minimum Gasteiger partial charge on any atom is -0.454 e. The number of para-hydroxylation sites is 1. The average molecular weight is 339 g/mol. The molecule has 0 bridgehead atoms. The van der Waals surface area contributed by atoms with Crippen molar-refractivity contribution >= 4 is 11.6 Å². The molecule has 0 atom stereocenters. The second-order valence-corrected chi connectivity index (χ2v) is 5.53. The smallest absolute Gasteiger partial charge is 0.259 e. The number of nitrogens with zero attached hydrogens (tertiary/aromatic N) is 2. The fourth-order valence-corrected chi connectivity index (χ4v) is 2.67. The molecule has 2 aromatic carbocycles. The molecule has 3 aromatic rings. The summed E-state index contributed by atoms with van der Waals surface area (Å²) in [7, 11) is 0. The Hall–Kier alpha value is -3.35. The SMILES string of the molecule is Cc1c(C(=O)Nc2ccc3c(c2)OCO3)cnn1-c1ccccc1F.